The fourth-order valence-corrected chi connectivity index (χ4v) is 4.29. The number of hydrogen-bond donors (Lipinski definition) is 3. The number of likely N-dealkylation sites (N-methyl/N-ethyl adjacent to an activating group) is 1. The van der Waals surface area contributed by atoms with Crippen LogP contribution in [0.2, 0.25) is 0 Å². The summed E-state index contributed by atoms with van der Waals surface area (Å²) in [5.74, 6) is -0.0860. The van der Waals surface area contributed by atoms with Crippen LogP contribution in [-0.4, -0.2) is 87.3 Å². The lowest BCUT2D eigenvalue weighted by atomic mass is 10.1. The van der Waals surface area contributed by atoms with Gasteiger partial charge in [0.05, 0.1) is 37.3 Å². The maximum Gasteiger partial charge on any atom is 0.256 e. The Morgan fingerprint density at radius 1 is 1.19 bits per heavy atom. The molecule has 3 aromatic heterocycles. The molecule has 1 saturated heterocycles. The molecule has 0 radical (unpaired) electrons. The first kappa shape index (κ1) is 23.7. The van der Waals surface area contributed by atoms with E-state index in [0.29, 0.717) is 34.9 Å². The van der Waals surface area contributed by atoms with E-state index in [1.54, 1.807) is 24.1 Å². The number of halogens is 1. The predicted octanol–water partition coefficient (Wildman–Crippen LogP) is 2.44. The van der Waals surface area contributed by atoms with Crippen LogP contribution in [0.5, 0.6) is 5.88 Å². The Labute approximate surface area is 207 Å². The minimum absolute atomic E-state index is 0.0895. The molecule has 12 heteroatoms. The first-order valence-corrected chi connectivity index (χ1v) is 11.6. The summed E-state index contributed by atoms with van der Waals surface area (Å²) in [6.45, 7) is 3.92. The van der Waals surface area contributed by atoms with Gasteiger partial charge in [0.1, 0.15) is 11.4 Å². The van der Waals surface area contributed by atoms with E-state index in [0.717, 1.165) is 37.8 Å². The molecule has 188 valence electrons. The number of amides is 1. The second kappa shape index (κ2) is 9.91. The lowest BCUT2D eigenvalue weighted by Crippen LogP contribution is -2.47. The molecule has 0 bridgehead atoms. The zero-order valence-electron chi connectivity index (χ0n) is 20.4. The number of methoxy groups -OCH3 is 1. The number of piperazine rings is 1. The Bertz CT molecular complexity index is 1390. The molecule has 1 aliphatic rings. The van der Waals surface area contributed by atoms with Crippen LogP contribution in [-0.2, 0) is 11.8 Å². The fourth-order valence-electron chi connectivity index (χ4n) is 4.29. The molecule has 0 atom stereocenters. The Balaban J connectivity index is 1.39. The average molecular weight is 494 g/mol. The van der Waals surface area contributed by atoms with E-state index in [4.69, 9.17) is 4.74 Å². The summed E-state index contributed by atoms with van der Waals surface area (Å²) in [6, 6.07) is 5.50. The number of nitrogens with one attached hydrogen (secondary N) is 3. The van der Waals surface area contributed by atoms with Gasteiger partial charge in [0, 0.05) is 50.4 Å². The highest BCUT2D eigenvalue weighted by Gasteiger charge is 2.19. The number of H-pyrrole nitrogens is 1. The number of hydrogen-bond acceptors (Lipinski definition) is 8. The molecule has 3 N–H and O–H groups in total. The molecule has 0 spiro atoms. The van der Waals surface area contributed by atoms with Crippen molar-refractivity contribution in [2.45, 2.75) is 0 Å². The van der Waals surface area contributed by atoms with Crippen LogP contribution >= 0.6 is 0 Å². The molecule has 4 heterocycles. The number of aromatic amines is 1. The SMILES string of the molecule is COc1nn(C)cc1Nc1ncc(F)c(-c2c[nH]c3c(NC(=O)CN4CCN(C)CC4)cccc23)n1. The van der Waals surface area contributed by atoms with E-state index in [1.165, 1.54) is 7.11 Å². The minimum Gasteiger partial charge on any atom is -0.478 e. The largest absolute Gasteiger partial charge is 0.478 e. The van der Waals surface area contributed by atoms with Crippen molar-refractivity contribution in [2.24, 2.45) is 7.05 Å². The Hall–Kier alpha value is -4.03. The summed E-state index contributed by atoms with van der Waals surface area (Å²) in [4.78, 5) is 28.7. The maximum absolute atomic E-state index is 14.9. The number of ether oxygens (including phenoxy) is 1. The third kappa shape index (κ3) is 4.86. The number of carbonyl (C=O) groups excluding carboxylic acids is 1. The number of nitrogens with zero attached hydrogens (tertiary/aromatic N) is 6. The van der Waals surface area contributed by atoms with Crippen molar-refractivity contribution in [1.82, 2.24) is 34.5 Å². The van der Waals surface area contributed by atoms with Crippen molar-refractivity contribution >= 4 is 34.1 Å². The van der Waals surface area contributed by atoms with Gasteiger partial charge in [0.25, 0.3) is 5.88 Å². The Kier molecular flexibility index (Phi) is 6.53. The van der Waals surface area contributed by atoms with Gasteiger partial charge >= 0.3 is 0 Å². The molecule has 1 fully saturated rings. The maximum atomic E-state index is 14.9. The molecular weight excluding hydrogens is 465 g/mol. The summed E-state index contributed by atoms with van der Waals surface area (Å²) in [6.07, 6.45) is 4.52. The summed E-state index contributed by atoms with van der Waals surface area (Å²) in [5, 5.41) is 10.9. The van der Waals surface area contributed by atoms with E-state index in [-0.39, 0.29) is 17.5 Å². The van der Waals surface area contributed by atoms with Crippen LogP contribution in [0.3, 0.4) is 0 Å². The summed E-state index contributed by atoms with van der Waals surface area (Å²) < 4.78 is 21.7. The smallest absolute Gasteiger partial charge is 0.256 e. The second-order valence-electron chi connectivity index (χ2n) is 8.80. The number of benzene rings is 1. The lowest BCUT2D eigenvalue weighted by molar-refractivity contribution is -0.117. The molecule has 1 aliphatic heterocycles. The number of aromatic nitrogens is 5. The van der Waals surface area contributed by atoms with Gasteiger partial charge in [0.2, 0.25) is 11.9 Å². The quantitative estimate of drug-likeness (QED) is 0.360. The normalized spacial score (nSPS) is 14.8. The van der Waals surface area contributed by atoms with Crippen molar-refractivity contribution in [3.63, 3.8) is 0 Å². The van der Waals surface area contributed by atoms with Crippen LogP contribution in [0.25, 0.3) is 22.2 Å². The highest BCUT2D eigenvalue weighted by molar-refractivity contribution is 6.06. The Morgan fingerprint density at radius 3 is 2.78 bits per heavy atom. The van der Waals surface area contributed by atoms with Crippen LogP contribution in [0.1, 0.15) is 0 Å². The number of para-hydroxylation sites is 1. The van der Waals surface area contributed by atoms with Crippen molar-refractivity contribution in [1.29, 1.82) is 0 Å². The number of fused-ring (bicyclic) bond motifs is 1. The van der Waals surface area contributed by atoms with Gasteiger partial charge in [-0.1, -0.05) is 12.1 Å². The van der Waals surface area contributed by atoms with Gasteiger partial charge < -0.3 is 25.3 Å². The second-order valence-corrected chi connectivity index (χ2v) is 8.80. The minimum atomic E-state index is -0.566. The molecule has 11 nitrogen and oxygen atoms in total. The summed E-state index contributed by atoms with van der Waals surface area (Å²) in [5.41, 5.74) is 2.57. The van der Waals surface area contributed by atoms with Gasteiger partial charge in [-0.25, -0.2) is 14.4 Å². The molecule has 0 saturated carbocycles. The average Bonchev–Trinajstić information content (AvgIpc) is 3.45. The number of rotatable bonds is 7. The fraction of sp³-hybridized carbons (Fsp3) is 0.333. The number of carbonyl (C=O) groups is 1. The third-order valence-electron chi connectivity index (χ3n) is 6.19. The van der Waals surface area contributed by atoms with Gasteiger partial charge in [-0.15, -0.1) is 5.10 Å². The van der Waals surface area contributed by atoms with Gasteiger partial charge in [-0.2, -0.15) is 0 Å². The molecule has 36 heavy (non-hydrogen) atoms. The Morgan fingerprint density at radius 2 is 2.00 bits per heavy atom. The molecule has 0 unspecified atom stereocenters. The molecule has 5 rings (SSSR count). The van der Waals surface area contributed by atoms with Crippen molar-refractivity contribution in [3.8, 4) is 17.1 Å². The lowest BCUT2D eigenvalue weighted by Gasteiger charge is -2.31. The first-order chi connectivity index (χ1) is 17.4. The standard InChI is InChI=1S/C24H28FN9O2/c1-32-7-9-34(10-8-32)14-20(35)28-18-6-4-5-15-16(11-26-22(15)18)21-17(25)12-27-24(30-21)29-19-13-33(2)31-23(19)36-3/h4-6,11-13,26H,7-10,14H2,1-3H3,(H,28,35)(H,27,29,30). The topological polar surface area (TPSA) is 116 Å². The van der Waals surface area contributed by atoms with Crippen LogP contribution in [0, 0.1) is 5.82 Å². The highest BCUT2D eigenvalue weighted by Crippen LogP contribution is 2.33. The summed E-state index contributed by atoms with van der Waals surface area (Å²) in [7, 11) is 5.35. The zero-order chi connectivity index (χ0) is 25.2. The van der Waals surface area contributed by atoms with Crippen molar-refractivity contribution < 1.29 is 13.9 Å². The van der Waals surface area contributed by atoms with Gasteiger partial charge in [-0.3, -0.25) is 14.4 Å². The van der Waals surface area contributed by atoms with E-state index in [9.17, 15) is 9.18 Å². The van der Waals surface area contributed by atoms with Crippen molar-refractivity contribution in [2.75, 3.05) is 57.5 Å². The zero-order valence-corrected chi connectivity index (χ0v) is 20.4. The molecule has 1 amide bonds. The summed E-state index contributed by atoms with van der Waals surface area (Å²) >= 11 is 0. The molecule has 4 aromatic rings. The van der Waals surface area contributed by atoms with Crippen LogP contribution in [0.4, 0.5) is 21.7 Å². The highest BCUT2D eigenvalue weighted by atomic mass is 19.1. The molecule has 1 aromatic carbocycles. The van der Waals surface area contributed by atoms with Crippen LogP contribution in [0.15, 0.2) is 36.8 Å². The molecule has 0 aliphatic carbocycles. The predicted molar refractivity (Wildman–Crippen MR) is 135 cm³/mol. The monoisotopic (exact) mass is 493 g/mol. The van der Waals surface area contributed by atoms with Crippen LogP contribution < -0.4 is 15.4 Å². The van der Waals surface area contributed by atoms with E-state index >= 15 is 0 Å². The van der Waals surface area contributed by atoms with Crippen molar-refractivity contribution in [3.05, 3.63) is 42.6 Å². The van der Waals surface area contributed by atoms with E-state index in [1.807, 2.05) is 18.2 Å². The van der Waals surface area contributed by atoms with E-state index in [2.05, 4.69) is 47.5 Å². The third-order valence-corrected chi connectivity index (χ3v) is 6.19. The number of aryl methyl sites for hydroxylation is 1. The molecular formula is C24H28FN9O2. The van der Waals surface area contributed by atoms with Gasteiger partial charge in [-0.05, 0) is 13.1 Å². The first-order valence-electron chi connectivity index (χ1n) is 11.6. The van der Waals surface area contributed by atoms with E-state index < -0.39 is 5.82 Å². The van der Waals surface area contributed by atoms with Gasteiger partial charge in [0.15, 0.2) is 5.82 Å². The number of anilines is 3.